The summed E-state index contributed by atoms with van der Waals surface area (Å²) in [6, 6.07) is 11.1. The topological polar surface area (TPSA) is 87.1 Å². The Morgan fingerprint density at radius 2 is 1.83 bits per heavy atom. The minimum Gasteiger partial charge on any atom is -0.395 e. The molecular formula is C17H22N4O2. The zero-order chi connectivity index (χ0) is 16.7. The van der Waals surface area contributed by atoms with Crippen molar-refractivity contribution < 1.29 is 9.90 Å². The highest BCUT2D eigenvalue weighted by Crippen LogP contribution is 2.10. The molecule has 0 saturated carbocycles. The standard InChI is InChI=1S/C17H22N4O2/c1-12-10-13(2)20-17(19-12)21-15(16(23)18-8-9-22)11-14-6-4-3-5-7-14/h3-7,10,15,22H,8-9,11H2,1-2H3,(H,18,23)(H,19,20,21). The van der Waals surface area contributed by atoms with Crippen LogP contribution in [0.5, 0.6) is 0 Å². The van der Waals surface area contributed by atoms with Gasteiger partial charge in [0.25, 0.3) is 0 Å². The lowest BCUT2D eigenvalue weighted by Crippen LogP contribution is -2.42. The number of rotatable bonds is 7. The van der Waals surface area contributed by atoms with E-state index < -0.39 is 6.04 Å². The Hall–Kier alpha value is -2.47. The van der Waals surface area contributed by atoms with Crippen LogP contribution >= 0.6 is 0 Å². The smallest absolute Gasteiger partial charge is 0.243 e. The summed E-state index contributed by atoms with van der Waals surface area (Å²) in [5.41, 5.74) is 2.72. The number of nitrogens with zero attached hydrogens (tertiary/aromatic N) is 2. The Labute approximate surface area is 136 Å². The second-order valence-corrected chi connectivity index (χ2v) is 5.38. The Kier molecular flexibility index (Phi) is 6.05. The second kappa shape index (κ2) is 8.24. The van der Waals surface area contributed by atoms with Crippen molar-refractivity contribution in [2.24, 2.45) is 0 Å². The van der Waals surface area contributed by atoms with Gasteiger partial charge >= 0.3 is 0 Å². The van der Waals surface area contributed by atoms with Gasteiger partial charge in [-0.15, -0.1) is 0 Å². The Morgan fingerprint density at radius 1 is 1.17 bits per heavy atom. The van der Waals surface area contributed by atoms with Gasteiger partial charge in [-0.1, -0.05) is 30.3 Å². The second-order valence-electron chi connectivity index (χ2n) is 5.38. The Bertz CT molecular complexity index is 626. The van der Waals surface area contributed by atoms with Gasteiger partial charge in [0.1, 0.15) is 6.04 Å². The van der Waals surface area contributed by atoms with E-state index in [9.17, 15) is 4.79 Å². The average Bonchev–Trinajstić information content (AvgIpc) is 2.52. The van der Waals surface area contributed by atoms with Crippen LogP contribution in [-0.4, -0.2) is 40.2 Å². The summed E-state index contributed by atoms with van der Waals surface area (Å²) in [4.78, 5) is 21.0. The number of amides is 1. The number of hydrogen-bond donors (Lipinski definition) is 3. The minimum atomic E-state index is -0.509. The molecule has 0 aliphatic heterocycles. The number of carbonyl (C=O) groups is 1. The summed E-state index contributed by atoms with van der Waals surface area (Å²) >= 11 is 0. The third-order valence-electron chi connectivity index (χ3n) is 3.30. The van der Waals surface area contributed by atoms with Crippen LogP contribution in [0.2, 0.25) is 0 Å². The molecule has 3 N–H and O–H groups in total. The van der Waals surface area contributed by atoms with E-state index in [0.717, 1.165) is 17.0 Å². The molecule has 122 valence electrons. The lowest BCUT2D eigenvalue weighted by atomic mass is 10.1. The summed E-state index contributed by atoms with van der Waals surface area (Å²) in [6.07, 6.45) is 0.508. The van der Waals surface area contributed by atoms with E-state index in [1.54, 1.807) is 0 Å². The molecule has 0 bridgehead atoms. The molecule has 6 heteroatoms. The van der Waals surface area contributed by atoms with Crippen molar-refractivity contribution in [2.75, 3.05) is 18.5 Å². The van der Waals surface area contributed by atoms with Crippen LogP contribution in [0.1, 0.15) is 17.0 Å². The molecule has 2 rings (SSSR count). The van der Waals surface area contributed by atoms with Gasteiger partial charge in [-0.3, -0.25) is 4.79 Å². The number of aryl methyl sites for hydroxylation is 2. The highest BCUT2D eigenvalue weighted by molar-refractivity contribution is 5.84. The number of aliphatic hydroxyl groups is 1. The van der Waals surface area contributed by atoms with Crippen LogP contribution in [0.15, 0.2) is 36.4 Å². The average molecular weight is 314 g/mol. The third kappa shape index (κ3) is 5.34. The van der Waals surface area contributed by atoms with Crippen LogP contribution in [0.3, 0.4) is 0 Å². The van der Waals surface area contributed by atoms with E-state index >= 15 is 0 Å². The Morgan fingerprint density at radius 3 is 2.43 bits per heavy atom. The molecular weight excluding hydrogens is 292 g/mol. The van der Waals surface area contributed by atoms with Crippen molar-refractivity contribution >= 4 is 11.9 Å². The van der Waals surface area contributed by atoms with Crippen molar-refractivity contribution in [3.63, 3.8) is 0 Å². The number of aromatic nitrogens is 2. The normalized spacial score (nSPS) is 11.8. The Balaban J connectivity index is 2.16. The lowest BCUT2D eigenvalue weighted by Gasteiger charge is -2.19. The molecule has 6 nitrogen and oxygen atoms in total. The predicted molar refractivity (Wildman–Crippen MR) is 89.2 cm³/mol. The zero-order valence-corrected chi connectivity index (χ0v) is 13.4. The quantitative estimate of drug-likeness (QED) is 0.715. The first-order valence-corrected chi connectivity index (χ1v) is 7.60. The minimum absolute atomic E-state index is 0.0934. The molecule has 0 radical (unpaired) electrons. The molecule has 0 aliphatic rings. The summed E-state index contributed by atoms with van der Waals surface area (Å²) < 4.78 is 0. The third-order valence-corrected chi connectivity index (χ3v) is 3.30. The molecule has 1 unspecified atom stereocenters. The van der Waals surface area contributed by atoms with Crippen LogP contribution in [-0.2, 0) is 11.2 Å². The van der Waals surface area contributed by atoms with Crippen molar-refractivity contribution in [3.05, 3.63) is 53.3 Å². The molecule has 1 amide bonds. The lowest BCUT2D eigenvalue weighted by molar-refractivity contribution is -0.122. The number of aliphatic hydroxyl groups excluding tert-OH is 1. The highest BCUT2D eigenvalue weighted by Gasteiger charge is 2.19. The number of anilines is 1. The van der Waals surface area contributed by atoms with E-state index in [1.165, 1.54) is 0 Å². The maximum atomic E-state index is 12.3. The van der Waals surface area contributed by atoms with Crippen molar-refractivity contribution in [2.45, 2.75) is 26.3 Å². The van der Waals surface area contributed by atoms with Gasteiger partial charge in [0, 0.05) is 24.4 Å². The van der Waals surface area contributed by atoms with Crippen molar-refractivity contribution in [3.8, 4) is 0 Å². The van der Waals surface area contributed by atoms with Crippen LogP contribution in [0.25, 0.3) is 0 Å². The van der Waals surface area contributed by atoms with Gasteiger partial charge in [-0.05, 0) is 25.5 Å². The zero-order valence-electron chi connectivity index (χ0n) is 13.4. The molecule has 23 heavy (non-hydrogen) atoms. The van der Waals surface area contributed by atoms with Crippen LogP contribution < -0.4 is 10.6 Å². The van der Waals surface area contributed by atoms with E-state index in [0.29, 0.717) is 12.4 Å². The summed E-state index contributed by atoms with van der Waals surface area (Å²) in [6.45, 7) is 3.90. The summed E-state index contributed by atoms with van der Waals surface area (Å²) in [5.74, 6) is 0.244. The first kappa shape index (κ1) is 16.9. The largest absolute Gasteiger partial charge is 0.395 e. The van der Waals surface area contributed by atoms with Crippen molar-refractivity contribution in [1.29, 1.82) is 0 Å². The van der Waals surface area contributed by atoms with Gasteiger partial charge in [0.15, 0.2) is 0 Å². The fourth-order valence-corrected chi connectivity index (χ4v) is 2.31. The molecule has 0 saturated heterocycles. The SMILES string of the molecule is Cc1cc(C)nc(NC(Cc2ccccc2)C(=O)NCCO)n1. The molecule has 1 heterocycles. The van der Waals surface area contributed by atoms with Gasteiger partial charge in [0.2, 0.25) is 11.9 Å². The fraction of sp³-hybridized carbons (Fsp3) is 0.353. The van der Waals surface area contributed by atoms with E-state index in [-0.39, 0.29) is 19.1 Å². The molecule has 0 fully saturated rings. The van der Waals surface area contributed by atoms with Gasteiger partial charge < -0.3 is 15.7 Å². The van der Waals surface area contributed by atoms with Crippen molar-refractivity contribution in [1.82, 2.24) is 15.3 Å². The molecule has 0 aliphatic carbocycles. The first-order valence-electron chi connectivity index (χ1n) is 7.60. The first-order chi connectivity index (χ1) is 11.1. The highest BCUT2D eigenvalue weighted by atomic mass is 16.3. The maximum Gasteiger partial charge on any atom is 0.243 e. The number of nitrogens with one attached hydrogen (secondary N) is 2. The van der Waals surface area contributed by atoms with Crippen LogP contribution in [0.4, 0.5) is 5.95 Å². The van der Waals surface area contributed by atoms with Crippen LogP contribution in [0, 0.1) is 13.8 Å². The van der Waals surface area contributed by atoms with Gasteiger partial charge in [-0.25, -0.2) is 9.97 Å². The van der Waals surface area contributed by atoms with E-state index in [4.69, 9.17) is 5.11 Å². The molecule has 1 aromatic heterocycles. The molecule has 0 spiro atoms. The molecule has 1 aromatic carbocycles. The van der Waals surface area contributed by atoms with Gasteiger partial charge in [0.05, 0.1) is 6.61 Å². The number of hydrogen-bond acceptors (Lipinski definition) is 5. The fourth-order valence-electron chi connectivity index (χ4n) is 2.31. The number of carbonyl (C=O) groups excluding carboxylic acids is 1. The van der Waals surface area contributed by atoms with Gasteiger partial charge in [-0.2, -0.15) is 0 Å². The molecule has 2 aromatic rings. The predicted octanol–water partition coefficient (Wildman–Crippen LogP) is 1.23. The summed E-state index contributed by atoms with van der Waals surface area (Å²) in [7, 11) is 0. The van der Waals surface area contributed by atoms with E-state index in [1.807, 2.05) is 50.2 Å². The number of benzene rings is 1. The van der Waals surface area contributed by atoms with E-state index in [2.05, 4.69) is 20.6 Å². The maximum absolute atomic E-state index is 12.3. The molecule has 1 atom stereocenters. The summed E-state index contributed by atoms with van der Waals surface area (Å²) in [5, 5.41) is 14.7. The monoisotopic (exact) mass is 314 g/mol.